The number of dihydropyridines is 1. The smallest absolute Gasteiger partial charge is 0.243 e. The maximum Gasteiger partial charge on any atom is 0.243 e. The molecule has 7 heteroatoms. The maximum absolute atomic E-state index is 8.87. The van der Waals surface area contributed by atoms with Gasteiger partial charge in [0.2, 0.25) is 6.33 Å². The lowest BCUT2D eigenvalue weighted by Crippen LogP contribution is -2.33. The van der Waals surface area contributed by atoms with E-state index in [1.807, 2.05) is 41.5 Å². The Labute approximate surface area is 130 Å². The van der Waals surface area contributed by atoms with E-state index in [-0.39, 0.29) is 12.4 Å². The number of nitrogens with one attached hydrogen (secondary N) is 3. The molecule has 0 aliphatic carbocycles. The molecule has 0 amide bonds. The van der Waals surface area contributed by atoms with Crippen molar-refractivity contribution in [3.8, 4) is 0 Å². The number of hydrogen-bond acceptors (Lipinski definition) is 4. The van der Waals surface area contributed by atoms with Crippen molar-refractivity contribution in [2.75, 3.05) is 13.2 Å². The summed E-state index contributed by atoms with van der Waals surface area (Å²) in [6, 6.07) is 0. The summed E-state index contributed by atoms with van der Waals surface area (Å²) in [4.78, 5) is 0. The average molecular weight is 303 g/mol. The van der Waals surface area contributed by atoms with Crippen molar-refractivity contribution in [2.45, 2.75) is 19.5 Å². The molecule has 2 rings (SSSR count). The molecule has 0 spiro atoms. The normalized spacial score (nSPS) is 15.5. The van der Waals surface area contributed by atoms with Crippen LogP contribution in [0.1, 0.15) is 6.42 Å². The van der Waals surface area contributed by atoms with Crippen LogP contribution in [-0.2, 0) is 13.1 Å². The largest absolute Gasteiger partial charge is 0.394 e. The van der Waals surface area contributed by atoms with Crippen molar-refractivity contribution in [2.24, 2.45) is 5.73 Å². The van der Waals surface area contributed by atoms with E-state index >= 15 is 0 Å². The summed E-state index contributed by atoms with van der Waals surface area (Å²) in [6.07, 6.45) is 14.1. The van der Waals surface area contributed by atoms with Crippen molar-refractivity contribution >= 4 is 5.84 Å². The number of nitrogens with zero attached hydrogens (tertiary/aromatic N) is 2. The van der Waals surface area contributed by atoms with Crippen LogP contribution in [0, 0.1) is 5.41 Å². The third-order valence-corrected chi connectivity index (χ3v) is 3.27. The standard InChI is InChI=1S/C15H23N6O/c16-14(13-4-1-2-5-18-13)15(17)19-6-3-7-20-8-9-21(12-20)10-11-22/h1-2,4-5,8-9,12,18,22H,3,6-7,10-11,16H2,(H2,17,19)/q+1/b14-13+. The number of amidine groups is 1. The molecule has 0 saturated heterocycles. The molecule has 0 atom stereocenters. The summed E-state index contributed by atoms with van der Waals surface area (Å²) in [7, 11) is 0. The number of aryl methyl sites for hydroxylation is 1. The zero-order valence-electron chi connectivity index (χ0n) is 12.5. The lowest BCUT2D eigenvalue weighted by Gasteiger charge is -2.12. The van der Waals surface area contributed by atoms with E-state index < -0.39 is 0 Å². The van der Waals surface area contributed by atoms with Crippen LogP contribution in [0.25, 0.3) is 0 Å². The van der Waals surface area contributed by atoms with E-state index in [9.17, 15) is 0 Å². The van der Waals surface area contributed by atoms with Crippen molar-refractivity contribution in [1.29, 1.82) is 5.41 Å². The molecule has 118 valence electrons. The van der Waals surface area contributed by atoms with Gasteiger partial charge in [0, 0.05) is 19.2 Å². The molecule has 2 heterocycles. The molecule has 7 nitrogen and oxygen atoms in total. The third kappa shape index (κ3) is 4.49. The van der Waals surface area contributed by atoms with Crippen molar-refractivity contribution in [3.63, 3.8) is 0 Å². The van der Waals surface area contributed by atoms with Gasteiger partial charge in [-0.15, -0.1) is 0 Å². The Morgan fingerprint density at radius 2 is 2.32 bits per heavy atom. The van der Waals surface area contributed by atoms with Gasteiger partial charge in [0.25, 0.3) is 0 Å². The first-order valence-corrected chi connectivity index (χ1v) is 7.28. The Hall–Kier alpha value is -2.54. The Kier molecular flexibility index (Phi) is 5.79. The minimum absolute atomic E-state index is 0.138. The molecule has 0 unspecified atom stereocenters. The molecule has 0 bridgehead atoms. The quantitative estimate of drug-likeness (QED) is 0.204. The first-order chi connectivity index (χ1) is 10.7. The second kappa shape index (κ2) is 8.04. The molecule has 22 heavy (non-hydrogen) atoms. The predicted molar refractivity (Wildman–Crippen MR) is 84.7 cm³/mol. The second-order valence-corrected chi connectivity index (χ2v) is 4.96. The zero-order valence-corrected chi connectivity index (χ0v) is 12.5. The van der Waals surface area contributed by atoms with E-state index in [1.54, 1.807) is 6.20 Å². The van der Waals surface area contributed by atoms with Gasteiger partial charge in [0.1, 0.15) is 24.8 Å². The molecule has 0 fully saturated rings. The van der Waals surface area contributed by atoms with Crippen LogP contribution in [0.3, 0.4) is 0 Å². The van der Waals surface area contributed by atoms with E-state index in [2.05, 4.69) is 15.2 Å². The number of aliphatic hydroxyl groups excluding tert-OH is 1. The zero-order chi connectivity index (χ0) is 15.8. The van der Waals surface area contributed by atoms with Gasteiger partial charge in [-0.1, -0.05) is 6.08 Å². The summed E-state index contributed by atoms with van der Waals surface area (Å²) in [6.45, 7) is 2.26. The van der Waals surface area contributed by atoms with Crippen molar-refractivity contribution in [1.82, 2.24) is 15.2 Å². The number of allylic oxidation sites excluding steroid dienone is 3. The number of hydrogen-bond donors (Lipinski definition) is 5. The molecule has 1 aromatic rings. The van der Waals surface area contributed by atoms with Crippen LogP contribution < -0.4 is 20.9 Å². The minimum atomic E-state index is 0.138. The molecular weight excluding hydrogens is 280 g/mol. The van der Waals surface area contributed by atoms with Gasteiger partial charge in [0.05, 0.1) is 24.5 Å². The Morgan fingerprint density at radius 1 is 1.45 bits per heavy atom. The summed E-state index contributed by atoms with van der Waals surface area (Å²) >= 11 is 0. The van der Waals surface area contributed by atoms with Crippen LogP contribution in [0.5, 0.6) is 0 Å². The molecule has 1 aliphatic heterocycles. The van der Waals surface area contributed by atoms with Gasteiger partial charge in [0.15, 0.2) is 0 Å². The molecule has 0 saturated carbocycles. The molecule has 1 aliphatic rings. The van der Waals surface area contributed by atoms with E-state index in [0.29, 0.717) is 18.8 Å². The van der Waals surface area contributed by atoms with Crippen LogP contribution in [0.4, 0.5) is 0 Å². The Bertz CT molecular complexity index is 599. The van der Waals surface area contributed by atoms with Gasteiger partial charge >= 0.3 is 0 Å². The second-order valence-electron chi connectivity index (χ2n) is 4.96. The van der Waals surface area contributed by atoms with Gasteiger partial charge < -0.3 is 21.5 Å². The fourth-order valence-electron chi connectivity index (χ4n) is 2.08. The van der Waals surface area contributed by atoms with Gasteiger partial charge in [-0.25, -0.2) is 9.13 Å². The van der Waals surface area contributed by atoms with E-state index in [4.69, 9.17) is 16.2 Å². The van der Waals surface area contributed by atoms with Crippen LogP contribution in [0.15, 0.2) is 54.5 Å². The minimum Gasteiger partial charge on any atom is -0.394 e. The first kappa shape index (κ1) is 15.8. The van der Waals surface area contributed by atoms with E-state index in [0.717, 1.165) is 18.7 Å². The third-order valence-electron chi connectivity index (χ3n) is 3.27. The first-order valence-electron chi connectivity index (χ1n) is 7.28. The number of rotatable bonds is 7. The number of nitrogens with two attached hydrogens (primary N) is 1. The lowest BCUT2D eigenvalue weighted by molar-refractivity contribution is -0.697. The number of aromatic nitrogens is 2. The molecule has 1 aromatic heterocycles. The van der Waals surface area contributed by atoms with Gasteiger partial charge in [-0.3, -0.25) is 5.41 Å². The average Bonchev–Trinajstić information content (AvgIpc) is 2.99. The highest BCUT2D eigenvalue weighted by Crippen LogP contribution is 2.02. The topological polar surface area (TPSA) is 103 Å². The summed E-state index contributed by atoms with van der Waals surface area (Å²) in [5.41, 5.74) is 7.07. The summed E-state index contributed by atoms with van der Waals surface area (Å²) in [5, 5.41) is 22.8. The Balaban J connectivity index is 1.72. The molecular formula is C15H23N6O+. The highest BCUT2D eigenvalue weighted by atomic mass is 16.3. The van der Waals surface area contributed by atoms with E-state index in [1.165, 1.54) is 0 Å². The van der Waals surface area contributed by atoms with Crippen LogP contribution >= 0.6 is 0 Å². The highest BCUT2D eigenvalue weighted by Gasteiger charge is 2.07. The number of imidazole rings is 1. The molecule has 6 N–H and O–H groups in total. The fraction of sp³-hybridized carbons (Fsp3) is 0.333. The van der Waals surface area contributed by atoms with Crippen molar-refractivity contribution in [3.05, 3.63) is 54.5 Å². The van der Waals surface area contributed by atoms with Crippen molar-refractivity contribution < 1.29 is 9.67 Å². The predicted octanol–water partition coefficient (Wildman–Crippen LogP) is -0.432. The summed E-state index contributed by atoms with van der Waals surface area (Å²) < 4.78 is 3.99. The van der Waals surface area contributed by atoms with Gasteiger partial charge in [-0.2, -0.15) is 0 Å². The maximum atomic E-state index is 8.87. The monoisotopic (exact) mass is 303 g/mol. The van der Waals surface area contributed by atoms with Crippen LogP contribution in [0.2, 0.25) is 0 Å². The van der Waals surface area contributed by atoms with Crippen LogP contribution in [-0.4, -0.2) is 28.7 Å². The molecule has 0 radical (unpaired) electrons. The Morgan fingerprint density at radius 3 is 3.05 bits per heavy atom. The fourth-order valence-corrected chi connectivity index (χ4v) is 2.08. The summed E-state index contributed by atoms with van der Waals surface area (Å²) in [5.74, 6) is 0.227. The SMILES string of the molecule is N=C(NCCCn1cc[n+](CCO)c1)/C(N)=C1/C=CC=CN1. The highest BCUT2D eigenvalue weighted by molar-refractivity contribution is 5.96. The lowest BCUT2D eigenvalue weighted by atomic mass is 10.2. The number of aliphatic hydroxyl groups is 1. The van der Waals surface area contributed by atoms with Gasteiger partial charge in [-0.05, 0) is 12.2 Å². The molecule has 0 aromatic carbocycles.